The Labute approximate surface area is 103 Å². The highest BCUT2D eigenvalue weighted by atomic mass is 16.4. The fourth-order valence-electron chi connectivity index (χ4n) is 1.93. The molecule has 0 aliphatic carbocycles. The first-order valence-electron chi connectivity index (χ1n) is 5.42. The summed E-state index contributed by atoms with van der Waals surface area (Å²) in [6.07, 6.45) is 0.126. The molecule has 0 aliphatic heterocycles. The van der Waals surface area contributed by atoms with Crippen LogP contribution < -0.4 is 0 Å². The van der Waals surface area contributed by atoms with Crippen molar-refractivity contribution in [2.75, 3.05) is 0 Å². The minimum absolute atomic E-state index is 0.0425. The molecule has 0 bridgehead atoms. The molecule has 94 valence electrons. The van der Waals surface area contributed by atoms with Gasteiger partial charge in [-0.3, -0.25) is 4.79 Å². The summed E-state index contributed by atoms with van der Waals surface area (Å²) in [6.45, 7) is 1.82. The molecule has 0 amide bonds. The van der Waals surface area contributed by atoms with Crippen molar-refractivity contribution in [3.63, 3.8) is 0 Å². The molecular weight excluding hydrogens is 236 g/mol. The Morgan fingerprint density at radius 3 is 2.67 bits per heavy atom. The van der Waals surface area contributed by atoms with E-state index < -0.39 is 11.9 Å². The first-order chi connectivity index (χ1) is 8.50. The van der Waals surface area contributed by atoms with Gasteiger partial charge in [-0.2, -0.15) is 0 Å². The third kappa shape index (κ3) is 2.04. The van der Waals surface area contributed by atoms with Gasteiger partial charge in [0.1, 0.15) is 5.82 Å². The van der Waals surface area contributed by atoms with Crippen molar-refractivity contribution < 1.29 is 19.8 Å². The van der Waals surface area contributed by atoms with E-state index in [1.807, 2.05) is 13.0 Å². The van der Waals surface area contributed by atoms with E-state index in [2.05, 4.69) is 4.98 Å². The number of imidazole rings is 1. The number of pyridine rings is 1. The SMILES string of the molecule is Cc1cccc2c(C(=O)O)nc(CCC(=O)O)n12. The predicted molar refractivity (Wildman–Crippen MR) is 62.8 cm³/mol. The average molecular weight is 248 g/mol. The van der Waals surface area contributed by atoms with Gasteiger partial charge in [-0.25, -0.2) is 9.78 Å². The number of carbonyl (C=O) groups is 2. The Kier molecular flexibility index (Phi) is 3.01. The molecule has 6 nitrogen and oxygen atoms in total. The monoisotopic (exact) mass is 248 g/mol. The summed E-state index contributed by atoms with van der Waals surface area (Å²) in [4.78, 5) is 25.7. The van der Waals surface area contributed by atoms with E-state index in [0.717, 1.165) is 5.69 Å². The Hall–Kier alpha value is -2.37. The lowest BCUT2D eigenvalue weighted by Crippen LogP contribution is -2.03. The Balaban J connectivity index is 2.58. The number of nitrogens with zero attached hydrogens (tertiary/aromatic N) is 2. The van der Waals surface area contributed by atoms with Gasteiger partial charge >= 0.3 is 11.9 Å². The number of rotatable bonds is 4. The molecule has 0 fully saturated rings. The van der Waals surface area contributed by atoms with E-state index in [4.69, 9.17) is 10.2 Å². The van der Waals surface area contributed by atoms with E-state index >= 15 is 0 Å². The van der Waals surface area contributed by atoms with Gasteiger partial charge in [0.15, 0.2) is 5.69 Å². The number of aliphatic carboxylic acids is 1. The van der Waals surface area contributed by atoms with Gasteiger partial charge in [0.2, 0.25) is 0 Å². The smallest absolute Gasteiger partial charge is 0.356 e. The molecule has 0 aromatic carbocycles. The second-order valence-electron chi connectivity index (χ2n) is 3.96. The van der Waals surface area contributed by atoms with Crippen molar-refractivity contribution in [2.24, 2.45) is 0 Å². The maximum atomic E-state index is 11.1. The molecule has 0 spiro atoms. The molecule has 0 radical (unpaired) electrons. The van der Waals surface area contributed by atoms with Crippen LogP contribution in [0.5, 0.6) is 0 Å². The van der Waals surface area contributed by atoms with Crippen molar-refractivity contribution in [3.8, 4) is 0 Å². The standard InChI is InChI=1S/C12H12N2O4/c1-7-3-2-4-8-11(12(17)18)13-9(14(7)8)5-6-10(15)16/h2-4H,5-6H2,1H3,(H,15,16)(H,17,18). The molecule has 2 rings (SSSR count). The van der Waals surface area contributed by atoms with Crippen LogP contribution in [0.3, 0.4) is 0 Å². The highest BCUT2D eigenvalue weighted by molar-refractivity contribution is 5.93. The number of aryl methyl sites for hydroxylation is 2. The molecule has 0 saturated heterocycles. The van der Waals surface area contributed by atoms with Crippen molar-refractivity contribution in [2.45, 2.75) is 19.8 Å². The van der Waals surface area contributed by atoms with Gasteiger partial charge in [-0.05, 0) is 19.1 Å². The molecule has 0 aliphatic rings. The highest BCUT2D eigenvalue weighted by Crippen LogP contribution is 2.17. The fraction of sp³-hybridized carbons (Fsp3) is 0.250. The molecule has 2 heterocycles. The van der Waals surface area contributed by atoms with Gasteiger partial charge in [0.05, 0.1) is 11.9 Å². The topological polar surface area (TPSA) is 91.9 Å². The predicted octanol–water partition coefficient (Wildman–Crippen LogP) is 1.36. The third-order valence-electron chi connectivity index (χ3n) is 2.69. The van der Waals surface area contributed by atoms with Crippen LogP contribution in [0.2, 0.25) is 0 Å². The number of fused-ring (bicyclic) bond motifs is 1. The highest BCUT2D eigenvalue weighted by Gasteiger charge is 2.17. The Bertz CT molecular complexity index is 630. The summed E-state index contributed by atoms with van der Waals surface area (Å²) < 4.78 is 1.69. The lowest BCUT2D eigenvalue weighted by atomic mass is 10.2. The van der Waals surface area contributed by atoms with Gasteiger partial charge in [-0.15, -0.1) is 0 Å². The van der Waals surface area contributed by atoms with Crippen molar-refractivity contribution in [3.05, 3.63) is 35.4 Å². The lowest BCUT2D eigenvalue weighted by molar-refractivity contribution is -0.137. The van der Waals surface area contributed by atoms with E-state index in [-0.39, 0.29) is 18.5 Å². The van der Waals surface area contributed by atoms with E-state index in [1.165, 1.54) is 0 Å². The number of aromatic nitrogens is 2. The number of carboxylic acid groups (broad SMARTS) is 2. The van der Waals surface area contributed by atoms with Gasteiger partial charge in [-0.1, -0.05) is 6.07 Å². The van der Waals surface area contributed by atoms with Crippen LogP contribution in [-0.4, -0.2) is 31.5 Å². The van der Waals surface area contributed by atoms with Crippen LogP contribution in [0.1, 0.15) is 28.4 Å². The second-order valence-corrected chi connectivity index (χ2v) is 3.96. The summed E-state index contributed by atoms with van der Waals surface area (Å²) >= 11 is 0. The molecule has 18 heavy (non-hydrogen) atoms. The molecular formula is C12H12N2O4. The van der Waals surface area contributed by atoms with Crippen molar-refractivity contribution >= 4 is 17.5 Å². The summed E-state index contributed by atoms with van der Waals surface area (Å²) in [5, 5.41) is 17.8. The zero-order valence-electron chi connectivity index (χ0n) is 9.75. The lowest BCUT2D eigenvalue weighted by Gasteiger charge is -2.03. The molecule has 2 aromatic heterocycles. The number of aromatic carboxylic acids is 1. The summed E-state index contributed by atoms with van der Waals surface area (Å²) in [5.74, 6) is -1.58. The maximum Gasteiger partial charge on any atom is 0.356 e. The number of hydrogen-bond donors (Lipinski definition) is 2. The van der Waals surface area contributed by atoms with E-state index in [9.17, 15) is 9.59 Å². The third-order valence-corrected chi connectivity index (χ3v) is 2.69. The van der Waals surface area contributed by atoms with Crippen molar-refractivity contribution in [1.82, 2.24) is 9.38 Å². The fourth-order valence-corrected chi connectivity index (χ4v) is 1.93. The van der Waals surface area contributed by atoms with Crippen LogP contribution in [0, 0.1) is 6.92 Å². The van der Waals surface area contributed by atoms with Gasteiger partial charge < -0.3 is 14.6 Å². The van der Waals surface area contributed by atoms with Crippen LogP contribution in [0.25, 0.3) is 5.52 Å². The summed E-state index contributed by atoms with van der Waals surface area (Å²) in [7, 11) is 0. The van der Waals surface area contributed by atoms with Crippen LogP contribution in [0.4, 0.5) is 0 Å². The molecule has 0 saturated carbocycles. The summed E-state index contributed by atoms with van der Waals surface area (Å²) in [6, 6.07) is 5.23. The minimum Gasteiger partial charge on any atom is -0.481 e. The number of carboxylic acids is 2. The quantitative estimate of drug-likeness (QED) is 0.852. The van der Waals surface area contributed by atoms with E-state index in [0.29, 0.717) is 11.3 Å². The van der Waals surface area contributed by atoms with Gasteiger partial charge in [0.25, 0.3) is 0 Å². The maximum absolute atomic E-state index is 11.1. The minimum atomic E-state index is -1.11. The molecule has 0 atom stereocenters. The Morgan fingerprint density at radius 2 is 2.06 bits per heavy atom. The average Bonchev–Trinajstić information content (AvgIpc) is 2.67. The van der Waals surface area contributed by atoms with Crippen LogP contribution in [0.15, 0.2) is 18.2 Å². The van der Waals surface area contributed by atoms with Crippen molar-refractivity contribution in [1.29, 1.82) is 0 Å². The van der Waals surface area contributed by atoms with Crippen LogP contribution in [-0.2, 0) is 11.2 Å². The number of hydrogen-bond acceptors (Lipinski definition) is 3. The van der Waals surface area contributed by atoms with Crippen LogP contribution >= 0.6 is 0 Å². The van der Waals surface area contributed by atoms with E-state index in [1.54, 1.807) is 16.5 Å². The molecule has 2 aromatic rings. The zero-order valence-corrected chi connectivity index (χ0v) is 9.75. The Morgan fingerprint density at radius 1 is 1.33 bits per heavy atom. The van der Waals surface area contributed by atoms with Gasteiger partial charge in [0, 0.05) is 12.1 Å². The first kappa shape index (κ1) is 12.1. The molecule has 0 unspecified atom stereocenters. The normalized spacial score (nSPS) is 10.7. The zero-order chi connectivity index (χ0) is 13.3. The largest absolute Gasteiger partial charge is 0.481 e. The summed E-state index contributed by atoms with van der Waals surface area (Å²) in [5.41, 5.74) is 1.27. The second kappa shape index (κ2) is 4.48. The first-order valence-corrected chi connectivity index (χ1v) is 5.42. The molecule has 6 heteroatoms. The molecule has 2 N–H and O–H groups in total.